The van der Waals surface area contributed by atoms with Gasteiger partial charge in [-0.3, -0.25) is 0 Å². The van der Waals surface area contributed by atoms with E-state index in [1.54, 1.807) is 30.3 Å². The van der Waals surface area contributed by atoms with Crippen molar-refractivity contribution in [3.8, 4) is 0 Å². The zero-order valence-corrected chi connectivity index (χ0v) is 12.9. The normalized spacial score (nSPS) is 10.0. The number of hydrogen-bond acceptors (Lipinski definition) is 2. The monoisotopic (exact) mass is 368 g/mol. The van der Waals surface area contributed by atoms with Crippen LogP contribution >= 0.6 is 27.5 Å². The molecular weight excluding hydrogens is 360 g/mol. The smallest absolute Gasteiger partial charge is 0.337 e. The van der Waals surface area contributed by atoms with Crippen molar-refractivity contribution in [2.24, 2.45) is 0 Å². The van der Waals surface area contributed by atoms with E-state index in [0.717, 1.165) is 0 Å². The number of nitrogens with one attached hydrogen (secondary N) is 2. The third-order valence-electron chi connectivity index (χ3n) is 2.56. The van der Waals surface area contributed by atoms with Gasteiger partial charge < -0.3 is 15.7 Å². The number of carboxylic acid groups (broad SMARTS) is 1. The molecule has 2 rings (SSSR count). The number of carboxylic acids is 1. The number of anilines is 2. The molecule has 0 aliphatic rings. The fraction of sp³-hybridized carbons (Fsp3) is 0. The predicted octanol–water partition coefficient (Wildman–Crippen LogP) is 4.44. The van der Waals surface area contributed by atoms with Gasteiger partial charge in [0.2, 0.25) is 0 Å². The first-order valence-electron chi connectivity index (χ1n) is 5.82. The summed E-state index contributed by atoms with van der Waals surface area (Å²) in [6.07, 6.45) is 0. The molecule has 0 unspecified atom stereocenters. The molecule has 0 aromatic heterocycles. The lowest BCUT2D eigenvalue weighted by Crippen LogP contribution is -2.21. The predicted molar refractivity (Wildman–Crippen MR) is 85.2 cm³/mol. The largest absolute Gasteiger partial charge is 0.478 e. The van der Waals surface area contributed by atoms with Crippen LogP contribution in [-0.4, -0.2) is 17.1 Å². The van der Waals surface area contributed by atoms with E-state index in [1.807, 2.05) is 0 Å². The van der Waals surface area contributed by atoms with Gasteiger partial charge in [0.25, 0.3) is 0 Å². The molecule has 2 aromatic carbocycles. The number of amides is 2. The number of halogens is 2. The zero-order valence-electron chi connectivity index (χ0n) is 10.6. The van der Waals surface area contributed by atoms with Crippen LogP contribution in [0.4, 0.5) is 16.2 Å². The van der Waals surface area contributed by atoms with Crippen LogP contribution in [0, 0.1) is 0 Å². The number of carbonyl (C=O) groups excluding carboxylic acids is 1. The third-order valence-corrected chi connectivity index (χ3v) is 3.31. The summed E-state index contributed by atoms with van der Waals surface area (Å²) >= 11 is 8.98. The van der Waals surface area contributed by atoms with Crippen molar-refractivity contribution in [1.82, 2.24) is 0 Å². The van der Waals surface area contributed by atoms with Gasteiger partial charge in [-0.05, 0) is 42.5 Å². The second kappa shape index (κ2) is 6.60. The van der Waals surface area contributed by atoms with E-state index in [0.29, 0.717) is 15.2 Å². The molecule has 0 heterocycles. The molecule has 108 valence electrons. The molecule has 0 aliphatic heterocycles. The van der Waals surface area contributed by atoms with Crippen molar-refractivity contribution in [3.63, 3.8) is 0 Å². The van der Waals surface area contributed by atoms with Gasteiger partial charge in [-0.15, -0.1) is 0 Å². The van der Waals surface area contributed by atoms with E-state index in [1.165, 1.54) is 12.1 Å². The molecule has 0 fully saturated rings. The minimum atomic E-state index is -1.12. The first kappa shape index (κ1) is 15.3. The standard InChI is InChI=1S/C14H10BrClN2O3/c15-8-1-6-11(13(19)20)12(7-8)18-14(21)17-10-4-2-9(16)3-5-10/h1-7H,(H,19,20)(H2,17,18,21). The highest BCUT2D eigenvalue weighted by molar-refractivity contribution is 9.10. The molecule has 2 aromatic rings. The molecule has 0 radical (unpaired) electrons. The van der Waals surface area contributed by atoms with Gasteiger partial charge in [-0.25, -0.2) is 9.59 Å². The van der Waals surface area contributed by atoms with Crippen LogP contribution < -0.4 is 10.6 Å². The van der Waals surface area contributed by atoms with Crippen molar-refractivity contribution in [2.45, 2.75) is 0 Å². The Morgan fingerprint density at radius 1 is 1.05 bits per heavy atom. The van der Waals surface area contributed by atoms with Crippen molar-refractivity contribution in [3.05, 3.63) is 57.5 Å². The van der Waals surface area contributed by atoms with Gasteiger partial charge in [0.05, 0.1) is 11.3 Å². The van der Waals surface area contributed by atoms with Crippen LogP contribution in [0.25, 0.3) is 0 Å². The maximum absolute atomic E-state index is 11.9. The maximum atomic E-state index is 11.9. The Bertz CT molecular complexity index is 689. The van der Waals surface area contributed by atoms with E-state index in [2.05, 4.69) is 26.6 Å². The van der Waals surface area contributed by atoms with E-state index in [-0.39, 0.29) is 11.3 Å². The minimum Gasteiger partial charge on any atom is -0.478 e. The van der Waals surface area contributed by atoms with Crippen LogP contribution in [0.5, 0.6) is 0 Å². The number of hydrogen-bond donors (Lipinski definition) is 3. The van der Waals surface area contributed by atoms with Gasteiger partial charge >= 0.3 is 12.0 Å². The second-order valence-electron chi connectivity index (χ2n) is 4.08. The van der Waals surface area contributed by atoms with Crippen LogP contribution in [0.2, 0.25) is 5.02 Å². The topological polar surface area (TPSA) is 78.4 Å². The first-order chi connectivity index (χ1) is 9.95. The van der Waals surface area contributed by atoms with Crippen LogP contribution in [0.1, 0.15) is 10.4 Å². The average molecular weight is 370 g/mol. The summed E-state index contributed by atoms with van der Waals surface area (Å²) in [6.45, 7) is 0. The highest BCUT2D eigenvalue weighted by Gasteiger charge is 2.13. The van der Waals surface area contributed by atoms with Crippen LogP contribution in [0.3, 0.4) is 0 Å². The quantitative estimate of drug-likeness (QED) is 0.748. The Kier molecular flexibility index (Phi) is 4.82. The van der Waals surface area contributed by atoms with Gasteiger partial charge in [-0.1, -0.05) is 27.5 Å². The van der Waals surface area contributed by atoms with Crippen molar-refractivity contribution in [2.75, 3.05) is 10.6 Å². The number of rotatable bonds is 3. The Labute approximate surface area is 134 Å². The molecule has 0 spiro atoms. The fourth-order valence-electron chi connectivity index (χ4n) is 1.62. The van der Waals surface area contributed by atoms with E-state index < -0.39 is 12.0 Å². The molecule has 0 saturated heterocycles. The lowest BCUT2D eigenvalue weighted by Gasteiger charge is -2.10. The lowest BCUT2D eigenvalue weighted by atomic mass is 10.2. The Morgan fingerprint density at radius 2 is 1.71 bits per heavy atom. The summed E-state index contributed by atoms with van der Waals surface area (Å²) in [4.78, 5) is 23.0. The Morgan fingerprint density at radius 3 is 2.33 bits per heavy atom. The minimum absolute atomic E-state index is 0.00413. The highest BCUT2D eigenvalue weighted by atomic mass is 79.9. The molecule has 0 bridgehead atoms. The molecule has 0 atom stereocenters. The summed E-state index contributed by atoms with van der Waals surface area (Å²) in [5.41, 5.74) is 0.747. The van der Waals surface area contributed by atoms with E-state index in [4.69, 9.17) is 16.7 Å². The summed E-state index contributed by atoms with van der Waals surface area (Å²) < 4.78 is 0.661. The molecule has 5 nitrogen and oxygen atoms in total. The third kappa shape index (κ3) is 4.21. The van der Waals surface area contributed by atoms with Gasteiger partial charge in [0.15, 0.2) is 0 Å². The second-order valence-corrected chi connectivity index (χ2v) is 5.43. The van der Waals surface area contributed by atoms with Crippen molar-refractivity contribution < 1.29 is 14.7 Å². The molecule has 21 heavy (non-hydrogen) atoms. The number of aromatic carboxylic acids is 1. The highest BCUT2D eigenvalue weighted by Crippen LogP contribution is 2.22. The molecule has 7 heteroatoms. The van der Waals surface area contributed by atoms with Crippen LogP contribution in [-0.2, 0) is 0 Å². The van der Waals surface area contributed by atoms with E-state index >= 15 is 0 Å². The summed E-state index contributed by atoms with van der Waals surface area (Å²) in [7, 11) is 0. The summed E-state index contributed by atoms with van der Waals surface area (Å²) in [6, 6.07) is 10.5. The van der Waals surface area contributed by atoms with Gasteiger partial charge in [-0.2, -0.15) is 0 Å². The molecule has 2 amide bonds. The Balaban J connectivity index is 2.14. The number of urea groups is 1. The van der Waals surface area contributed by atoms with Gasteiger partial charge in [0.1, 0.15) is 0 Å². The summed E-state index contributed by atoms with van der Waals surface area (Å²) in [5.74, 6) is -1.12. The van der Waals surface area contributed by atoms with Crippen molar-refractivity contribution in [1.29, 1.82) is 0 Å². The number of benzene rings is 2. The fourth-order valence-corrected chi connectivity index (χ4v) is 2.11. The molecule has 0 aliphatic carbocycles. The van der Waals surface area contributed by atoms with Crippen LogP contribution in [0.15, 0.2) is 46.9 Å². The van der Waals surface area contributed by atoms with Gasteiger partial charge in [0, 0.05) is 15.2 Å². The first-order valence-corrected chi connectivity index (χ1v) is 6.99. The maximum Gasteiger partial charge on any atom is 0.337 e. The molecule has 3 N–H and O–H groups in total. The average Bonchev–Trinajstić information content (AvgIpc) is 2.41. The lowest BCUT2D eigenvalue weighted by molar-refractivity contribution is 0.0698. The van der Waals surface area contributed by atoms with E-state index in [9.17, 15) is 9.59 Å². The number of carbonyl (C=O) groups is 2. The van der Waals surface area contributed by atoms with Crippen molar-refractivity contribution >= 4 is 50.9 Å². The Hall–Kier alpha value is -2.05. The molecular formula is C14H10BrClN2O3. The SMILES string of the molecule is O=C(Nc1ccc(Cl)cc1)Nc1cc(Br)ccc1C(=O)O. The molecule has 0 saturated carbocycles. The summed E-state index contributed by atoms with van der Waals surface area (Å²) in [5, 5.41) is 14.7. The zero-order chi connectivity index (χ0) is 15.4.